The molecule has 1 saturated heterocycles. The first-order valence-electron chi connectivity index (χ1n) is 6.18. The quantitative estimate of drug-likeness (QED) is 0.704. The maximum atomic E-state index is 11.5. The van der Waals surface area contributed by atoms with E-state index in [1.165, 1.54) is 0 Å². The first-order valence-corrected chi connectivity index (χ1v) is 6.18. The van der Waals surface area contributed by atoms with Gasteiger partial charge in [0, 0.05) is 18.0 Å². The van der Waals surface area contributed by atoms with Gasteiger partial charge in [-0.25, -0.2) is 0 Å². The van der Waals surface area contributed by atoms with Gasteiger partial charge in [0.1, 0.15) is 0 Å². The second kappa shape index (κ2) is 7.59. The highest BCUT2D eigenvalue weighted by Gasteiger charge is 2.18. The molecule has 1 aliphatic heterocycles. The van der Waals surface area contributed by atoms with Crippen LogP contribution in [0.25, 0.3) is 0 Å². The summed E-state index contributed by atoms with van der Waals surface area (Å²) < 4.78 is 0. The van der Waals surface area contributed by atoms with E-state index in [0.29, 0.717) is 6.42 Å². The molecule has 5 nitrogen and oxygen atoms in total. The minimum atomic E-state index is -0.255. The molecule has 0 bridgehead atoms. The van der Waals surface area contributed by atoms with Crippen LogP contribution in [-0.4, -0.2) is 36.5 Å². The first-order chi connectivity index (χ1) is 7.87. The van der Waals surface area contributed by atoms with Gasteiger partial charge in [0.15, 0.2) is 0 Å². The van der Waals surface area contributed by atoms with E-state index in [9.17, 15) is 9.59 Å². The van der Waals surface area contributed by atoms with Gasteiger partial charge in [-0.05, 0) is 40.2 Å². The fraction of sp³-hybridized carbons (Fsp3) is 0.833. The van der Waals surface area contributed by atoms with Crippen LogP contribution in [0.5, 0.6) is 0 Å². The average Bonchev–Trinajstić information content (AvgIpc) is 2.64. The van der Waals surface area contributed by atoms with Gasteiger partial charge in [-0.1, -0.05) is 0 Å². The van der Waals surface area contributed by atoms with Crippen LogP contribution in [0, 0.1) is 0 Å². The summed E-state index contributed by atoms with van der Waals surface area (Å²) in [5.74, 6) is -0.210. The standard InChI is InChI=1S/C12H23N3O2.ClH/c1-12(2,3)15-11(17)8-14-10(16)7-9-5-4-6-13-9;/h9,13H,4-8H2,1-3H3,(H,14,16)(H,15,17);1H. The minimum Gasteiger partial charge on any atom is -0.350 e. The number of carbonyl (C=O) groups excluding carboxylic acids is 2. The van der Waals surface area contributed by atoms with Crippen molar-refractivity contribution >= 4 is 24.2 Å². The molecule has 1 aliphatic rings. The highest BCUT2D eigenvalue weighted by Crippen LogP contribution is 2.07. The Labute approximate surface area is 115 Å². The molecule has 1 rings (SSSR count). The van der Waals surface area contributed by atoms with E-state index in [1.807, 2.05) is 20.8 Å². The zero-order valence-electron chi connectivity index (χ0n) is 11.3. The molecule has 6 heteroatoms. The normalized spacial score (nSPS) is 18.9. The summed E-state index contributed by atoms with van der Waals surface area (Å²) in [4.78, 5) is 23.0. The van der Waals surface area contributed by atoms with Crippen LogP contribution in [0.4, 0.5) is 0 Å². The lowest BCUT2D eigenvalue weighted by molar-refractivity contribution is -0.127. The van der Waals surface area contributed by atoms with Gasteiger partial charge in [0.2, 0.25) is 11.8 Å². The summed E-state index contributed by atoms with van der Waals surface area (Å²) in [5, 5.41) is 8.69. The monoisotopic (exact) mass is 277 g/mol. The average molecular weight is 278 g/mol. The summed E-state index contributed by atoms with van der Waals surface area (Å²) in [6.07, 6.45) is 2.63. The molecule has 2 amide bonds. The fourth-order valence-electron chi connectivity index (χ4n) is 1.87. The SMILES string of the molecule is CC(C)(C)NC(=O)CNC(=O)CC1CCCN1.Cl. The van der Waals surface area contributed by atoms with Gasteiger partial charge < -0.3 is 16.0 Å². The lowest BCUT2D eigenvalue weighted by Crippen LogP contribution is -2.46. The van der Waals surface area contributed by atoms with E-state index in [4.69, 9.17) is 0 Å². The van der Waals surface area contributed by atoms with E-state index >= 15 is 0 Å². The number of nitrogens with one attached hydrogen (secondary N) is 3. The maximum absolute atomic E-state index is 11.5. The highest BCUT2D eigenvalue weighted by atomic mass is 35.5. The van der Waals surface area contributed by atoms with Gasteiger partial charge >= 0.3 is 0 Å². The van der Waals surface area contributed by atoms with Crippen LogP contribution in [-0.2, 0) is 9.59 Å². The molecule has 18 heavy (non-hydrogen) atoms. The Morgan fingerprint density at radius 2 is 1.94 bits per heavy atom. The van der Waals surface area contributed by atoms with Crippen molar-refractivity contribution < 1.29 is 9.59 Å². The molecule has 1 atom stereocenters. The second-order valence-electron chi connectivity index (χ2n) is 5.57. The Morgan fingerprint density at radius 1 is 1.28 bits per heavy atom. The number of carbonyl (C=O) groups is 2. The molecule has 0 saturated carbocycles. The van der Waals surface area contributed by atoms with Crippen molar-refractivity contribution in [1.29, 1.82) is 0 Å². The largest absolute Gasteiger partial charge is 0.350 e. The van der Waals surface area contributed by atoms with Gasteiger partial charge in [0.05, 0.1) is 6.54 Å². The van der Waals surface area contributed by atoms with E-state index in [-0.39, 0.29) is 42.3 Å². The third-order valence-corrected chi connectivity index (χ3v) is 2.55. The van der Waals surface area contributed by atoms with E-state index in [0.717, 1.165) is 19.4 Å². The van der Waals surface area contributed by atoms with Crippen LogP contribution in [0.2, 0.25) is 0 Å². The summed E-state index contributed by atoms with van der Waals surface area (Å²) in [7, 11) is 0. The topological polar surface area (TPSA) is 70.2 Å². The van der Waals surface area contributed by atoms with E-state index < -0.39 is 0 Å². The van der Waals surface area contributed by atoms with Gasteiger partial charge in [-0.3, -0.25) is 9.59 Å². The number of hydrogen-bond acceptors (Lipinski definition) is 3. The van der Waals surface area contributed by atoms with Crippen LogP contribution in [0.1, 0.15) is 40.0 Å². The molecule has 0 aromatic carbocycles. The molecular formula is C12H24ClN3O2. The lowest BCUT2D eigenvalue weighted by atomic mass is 10.1. The zero-order valence-corrected chi connectivity index (χ0v) is 12.2. The first kappa shape index (κ1) is 17.2. The van der Waals surface area contributed by atoms with Crippen molar-refractivity contribution in [2.75, 3.05) is 13.1 Å². The maximum Gasteiger partial charge on any atom is 0.239 e. The Morgan fingerprint density at radius 3 is 2.44 bits per heavy atom. The van der Waals surface area contributed by atoms with Gasteiger partial charge in [0.25, 0.3) is 0 Å². The van der Waals surface area contributed by atoms with Gasteiger partial charge in [-0.2, -0.15) is 0 Å². The molecule has 1 fully saturated rings. The predicted molar refractivity (Wildman–Crippen MR) is 73.8 cm³/mol. The third-order valence-electron chi connectivity index (χ3n) is 2.55. The van der Waals surface area contributed by atoms with Crippen molar-refractivity contribution in [2.24, 2.45) is 0 Å². The summed E-state index contributed by atoms with van der Waals surface area (Å²) in [6, 6.07) is 0.278. The van der Waals surface area contributed by atoms with Crippen molar-refractivity contribution in [1.82, 2.24) is 16.0 Å². The van der Waals surface area contributed by atoms with Crippen LogP contribution in [0.3, 0.4) is 0 Å². The molecule has 0 spiro atoms. The molecular weight excluding hydrogens is 254 g/mol. The Bertz CT molecular complexity index is 284. The number of halogens is 1. The zero-order chi connectivity index (χ0) is 12.9. The predicted octanol–water partition coefficient (Wildman–Crippen LogP) is 0.581. The van der Waals surface area contributed by atoms with Crippen molar-refractivity contribution in [2.45, 2.75) is 51.6 Å². The Hall–Kier alpha value is -0.810. The van der Waals surface area contributed by atoms with Crippen LogP contribution < -0.4 is 16.0 Å². The van der Waals surface area contributed by atoms with E-state index in [2.05, 4.69) is 16.0 Å². The van der Waals surface area contributed by atoms with Crippen LogP contribution in [0.15, 0.2) is 0 Å². The van der Waals surface area contributed by atoms with Crippen LogP contribution >= 0.6 is 12.4 Å². The smallest absolute Gasteiger partial charge is 0.239 e. The third kappa shape index (κ3) is 7.50. The molecule has 1 unspecified atom stereocenters. The van der Waals surface area contributed by atoms with Crippen molar-refractivity contribution in [3.05, 3.63) is 0 Å². The molecule has 0 aromatic rings. The van der Waals surface area contributed by atoms with Gasteiger partial charge in [-0.15, -0.1) is 12.4 Å². The molecule has 106 valence electrons. The summed E-state index contributed by atoms with van der Waals surface area (Å²) in [5.41, 5.74) is -0.255. The van der Waals surface area contributed by atoms with Crippen molar-refractivity contribution in [3.63, 3.8) is 0 Å². The Balaban J connectivity index is 0.00000289. The van der Waals surface area contributed by atoms with Crippen molar-refractivity contribution in [3.8, 4) is 0 Å². The number of hydrogen-bond donors (Lipinski definition) is 3. The minimum absolute atomic E-state index is 0. The molecule has 1 heterocycles. The molecule has 0 radical (unpaired) electrons. The Kier molecular flexibility index (Phi) is 7.25. The molecule has 0 aromatic heterocycles. The number of amides is 2. The fourth-order valence-corrected chi connectivity index (χ4v) is 1.87. The lowest BCUT2D eigenvalue weighted by Gasteiger charge is -2.20. The number of rotatable bonds is 4. The second-order valence-corrected chi connectivity index (χ2v) is 5.57. The molecule has 3 N–H and O–H groups in total. The summed E-state index contributed by atoms with van der Waals surface area (Å²) in [6.45, 7) is 6.78. The highest BCUT2D eigenvalue weighted by molar-refractivity contribution is 5.85. The summed E-state index contributed by atoms with van der Waals surface area (Å²) >= 11 is 0. The molecule has 0 aliphatic carbocycles. The van der Waals surface area contributed by atoms with E-state index in [1.54, 1.807) is 0 Å².